The zero-order valence-corrected chi connectivity index (χ0v) is 22.8. The standard InChI is InChI=1S/C30H25Cl2N3O5/c1-30(40,28(37)38)34-27(36)22-9-7-19(8-10-22)18-35(29(39)33-25-16-23(31)15-24(32)17-25)26-13-11-21(12-14-26)20-5-3-2-4-6-20/h2-17,40H,18H2,1H3,(H,33,39)(H,34,36)(H,37,38)/t30-/m1/s1. The van der Waals surface area contributed by atoms with Gasteiger partial charge in [0.2, 0.25) is 5.72 Å². The maximum Gasteiger partial charge on any atom is 0.356 e. The molecular weight excluding hydrogens is 553 g/mol. The minimum atomic E-state index is -2.42. The summed E-state index contributed by atoms with van der Waals surface area (Å²) in [5.41, 5.74) is 1.47. The summed E-state index contributed by atoms with van der Waals surface area (Å²) in [7, 11) is 0. The summed E-state index contributed by atoms with van der Waals surface area (Å²) in [5.74, 6) is -2.35. The minimum Gasteiger partial charge on any atom is -0.478 e. The fourth-order valence-electron chi connectivity index (χ4n) is 3.85. The molecule has 4 N–H and O–H groups in total. The number of benzene rings is 4. The van der Waals surface area contributed by atoms with Crippen molar-refractivity contribution in [3.8, 4) is 11.1 Å². The van der Waals surface area contributed by atoms with Crippen molar-refractivity contribution in [2.75, 3.05) is 10.2 Å². The molecule has 0 aromatic heterocycles. The molecule has 0 radical (unpaired) electrons. The van der Waals surface area contributed by atoms with Crippen LogP contribution in [0.2, 0.25) is 10.0 Å². The second-order valence-corrected chi connectivity index (χ2v) is 9.99. The van der Waals surface area contributed by atoms with Crippen LogP contribution in [0.15, 0.2) is 97.1 Å². The topological polar surface area (TPSA) is 119 Å². The Morgan fingerprint density at radius 1 is 0.825 bits per heavy atom. The zero-order chi connectivity index (χ0) is 28.9. The number of hydrogen-bond donors (Lipinski definition) is 4. The quantitative estimate of drug-likeness (QED) is 0.180. The van der Waals surface area contributed by atoms with Gasteiger partial charge in [-0.1, -0.05) is 77.8 Å². The van der Waals surface area contributed by atoms with Gasteiger partial charge in [-0.15, -0.1) is 0 Å². The van der Waals surface area contributed by atoms with E-state index in [1.165, 1.54) is 17.0 Å². The average molecular weight is 578 g/mol. The van der Waals surface area contributed by atoms with E-state index in [0.717, 1.165) is 18.1 Å². The second kappa shape index (κ2) is 12.2. The van der Waals surface area contributed by atoms with Crippen molar-refractivity contribution in [1.29, 1.82) is 0 Å². The molecule has 0 unspecified atom stereocenters. The number of carboxylic acids is 1. The van der Waals surface area contributed by atoms with Crippen LogP contribution in [0.1, 0.15) is 22.8 Å². The Hall–Kier alpha value is -4.37. The van der Waals surface area contributed by atoms with Gasteiger partial charge in [-0.2, -0.15) is 0 Å². The van der Waals surface area contributed by atoms with Crippen molar-refractivity contribution in [2.24, 2.45) is 0 Å². The van der Waals surface area contributed by atoms with Crippen molar-refractivity contribution >= 4 is 52.5 Å². The van der Waals surface area contributed by atoms with Crippen molar-refractivity contribution in [2.45, 2.75) is 19.2 Å². The Balaban J connectivity index is 1.59. The van der Waals surface area contributed by atoms with Gasteiger partial charge in [0.15, 0.2) is 0 Å². The number of anilines is 2. The van der Waals surface area contributed by atoms with Gasteiger partial charge in [0.25, 0.3) is 5.91 Å². The Labute approximate surface area is 240 Å². The van der Waals surface area contributed by atoms with Crippen LogP contribution in [0.4, 0.5) is 16.2 Å². The number of carbonyl (C=O) groups excluding carboxylic acids is 2. The highest BCUT2D eigenvalue weighted by molar-refractivity contribution is 6.35. The van der Waals surface area contributed by atoms with E-state index in [4.69, 9.17) is 28.3 Å². The third-order valence-electron chi connectivity index (χ3n) is 5.98. The molecule has 0 fully saturated rings. The maximum atomic E-state index is 13.5. The van der Waals surface area contributed by atoms with E-state index in [-0.39, 0.29) is 12.1 Å². The molecule has 0 bridgehead atoms. The first-order valence-electron chi connectivity index (χ1n) is 12.1. The Morgan fingerprint density at radius 3 is 1.98 bits per heavy atom. The lowest BCUT2D eigenvalue weighted by atomic mass is 10.1. The number of halogens is 2. The molecule has 0 aliphatic carbocycles. The lowest BCUT2D eigenvalue weighted by Gasteiger charge is -2.24. The minimum absolute atomic E-state index is 0.138. The van der Waals surface area contributed by atoms with E-state index < -0.39 is 23.6 Å². The van der Waals surface area contributed by atoms with Gasteiger partial charge in [0.1, 0.15) is 0 Å². The van der Waals surface area contributed by atoms with Gasteiger partial charge in [-0.25, -0.2) is 9.59 Å². The largest absolute Gasteiger partial charge is 0.478 e. The van der Waals surface area contributed by atoms with Gasteiger partial charge in [-0.3, -0.25) is 9.69 Å². The van der Waals surface area contributed by atoms with E-state index in [9.17, 15) is 19.5 Å². The van der Waals surface area contributed by atoms with Crippen LogP contribution >= 0.6 is 23.2 Å². The van der Waals surface area contributed by atoms with Crippen molar-refractivity contribution in [3.05, 3.63) is 118 Å². The summed E-state index contributed by atoms with van der Waals surface area (Å²) >= 11 is 12.2. The number of aliphatic hydroxyl groups is 1. The Morgan fingerprint density at radius 2 is 1.40 bits per heavy atom. The van der Waals surface area contributed by atoms with Crippen LogP contribution in [0.3, 0.4) is 0 Å². The maximum absolute atomic E-state index is 13.5. The number of aliphatic carboxylic acids is 1. The number of carboxylic acid groups (broad SMARTS) is 1. The highest BCUT2D eigenvalue weighted by Crippen LogP contribution is 2.27. The number of hydrogen-bond acceptors (Lipinski definition) is 4. The molecule has 40 heavy (non-hydrogen) atoms. The molecule has 0 spiro atoms. The predicted molar refractivity (Wildman–Crippen MR) is 156 cm³/mol. The summed E-state index contributed by atoms with van der Waals surface area (Å²) in [5, 5.41) is 24.5. The van der Waals surface area contributed by atoms with Crippen LogP contribution in [0, 0.1) is 0 Å². The van der Waals surface area contributed by atoms with Crippen LogP contribution < -0.4 is 15.5 Å². The first-order valence-corrected chi connectivity index (χ1v) is 12.8. The van der Waals surface area contributed by atoms with Crippen LogP contribution in [0.5, 0.6) is 0 Å². The normalized spacial score (nSPS) is 12.2. The summed E-state index contributed by atoms with van der Waals surface area (Å²) in [6, 6.07) is 27.9. The average Bonchev–Trinajstić information content (AvgIpc) is 2.91. The summed E-state index contributed by atoms with van der Waals surface area (Å²) in [6.45, 7) is 1.10. The number of urea groups is 1. The molecule has 10 heteroatoms. The first-order chi connectivity index (χ1) is 19.0. The second-order valence-electron chi connectivity index (χ2n) is 9.12. The smallest absolute Gasteiger partial charge is 0.356 e. The predicted octanol–water partition coefficient (Wildman–Crippen LogP) is 6.42. The van der Waals surface area contributed by atoms with E-state index in [1.54, 1.807) is 30.3 Å². The third-order valence-corrected chi connectivity index (χ3v) is 6.41. The highest BCUT2D eigenvalue weighted by atomic mass is 35.5. The molecule has 0 saturated carbocycles. The van der Waals surface area contributed by atoms with Gasteiger partial charge in [0.05, 0.1) is 6.54 Å². The number of amides is 3. The molecule has 1 atom stereocenters. The molecule has 0 heterocycles. The van der Waals surface area contributed by atoms with E-state index in [1.807, 2.05) is 54.6 Å². The molecule has 0 saturated heterocycles. The molecule has 3 amide bonds. The molecule has 4 rings (SSSR count). The molecular formula is C30H25Cl2N3O5. The molecule has 4 aromatic rings. The number of nitrogens with one attached hydrogen (secondary N) is 2. The summed E-state index contributed by atoms with van der Waals surface area (Å²) in [4.78, 5) is 38.5. The number of nitrogens with zero attached hydrogens (tertiary/aromatic N) is 1. The van der Waals surface area contributed by atoms with Gasteiger partial charge in [-0.05, 0) is 66.1 Å². The SMILES string of the molecule is C[C@](O)(NC(=O)c1ccc(CN(C(=O)Nc2cc(Cl)cc(Cl)c2)c2ccc(-c3ccccc3)cc2)cc1)C(=O)O. The zero-order valence-electron chi connectivity index (χ0n) is 21.3. The lowest BCUT2D eigenvalue weighted by molar-refractivity contribution is -0.158. The first kappa shape index (κ1) is 28.6. The molecule has 0 aliphatic rings. The highest BCUT2D eigenvalue weighted by Gasteiger charge is 2.32. The molecule has 4 aromatic carbocycles. The monoisotopic (exact) mass is 577 g/mol. The summed E-state index contributed by atoms with van der Waals surface area (Å²) < 4.78 is 0. The third kappa shape index (κ3) is 7.18. The number of rotatable bonds is 8. The fraction of sp³-hybridized carbons (Fsp3) is 0.100. The van der Waals surface area contributed by atoms with Crippen molar-refractivity contribution in [1.82, 2.24) is 5.32 Å². The fourth-order valence-corrected chi connectivity index (χ4v) is 4.38. The van der Waals surface area contributed by atoms with Gasteiger partial charge < -0.3 is 20.8 Å². The lowest BCUT2D eigenvalue weighted by Crippen LogP contribution is -2.52. The van der Waals surface area contributed by atoms with Crippen LogP contribution in [-0.2, 0) is 11.3 Å². The van der Waals surface area contributed by atoms with Crippen LogP contribution in [0.25, 0.3) is 11.1 Å². The molecule has 8 nitrogen and oxygen atoms in total. The molecule has 0 aliphatic heterocycles. The van der Waals surface area contributed by atoms with E-state index in [2.05, 4.69) is 10.6 Å². The van der Waals surface area contributed by atoms with Gasteiger partial charge >= 0.3 is 12.0 Å². The van der Waals surface area contributed by atoms with E-state index in [0.29, 0.717) is 27.0 Å². The van der Waals surface area contributed by atoms with Crippen LogP contribution in [-0.4, -0.2) is 33.8 Å². The van der Waals surface area contributed by atoms with Crippen molar-refractivity contribution in [3.63, 3.8) is 0 Å². The Kier molecular flexibility index (Phi) is 8.74. The summed E-state index contributed by atoms with van der Waals surface area (Å²) in [6.07, 6.45) is 0. The van der Waals surface area contributed by atoms with E-state index >= 15 is 0 Å². The van der Waals surface area contributed by atoms with Gasteiger partial charge in [0, 0.05) is 27.0 Å². The van der Waals surface area contributed by atoms with Crippen molar-refractivity contribution < 1.29 is 24.6 Å². The number of carbonyl (C=O) groups is 3. The Bertz CT molecular complexity index is 1510. The molecule has 204 valence electrons.